The number of amides is 1. The number of hydrogen-bond donors (Lipinski definition) is 2. The van der Waals surface area contributed by atoms with E-state index in [0.29, 0.717) is 12.2 Å². The number of nitrogens with zero attached hydrogens (tertiary/aromatic N) is 1. The molecule has 1 saturated carbocycles. The predicted molar refractivity (Wildman–Crippen MR) is 88.3 cm³/mol. The molecule has 0 radical (unpaired) electrons. The van der Waals surface area contributed by atoms with Gasteiger partial charge < -0.3 is 19.5 Å². The number of rotatable bonds is 6. The minimum absolute atomic E-state index is 0.0905. The number of H-pyrrole nitrogens is 1. The van der Waals surface area contributed by atoms with Gasteiger partial charge in [0.15, 0.2) is 18.0 Å². The summed E-state index contributed by atoms with van der Waals surface area (Å²) in [7, 11) is 0. The van der Waals surface area contributed by atoms with Crippen LogP contribution in [0.5, 0.6) is 5.75 Å². The molecule has 6 nitrogen and oxygen atoms in total. The summed E-state index contributed by atoms with van der Waals surface area (Å²) in [6.07, 6.45) is 5.81. The van der Waals surface area contributed by atoms with Gasteiger partial charge in [0.1, 0.15) is 18.6 Å². The molecule has 2 aromatic heterocycles. The van der Waals surface area contributed by atoms with Crippen molar-refractivity contribution < 1.29 is 18.3 Å². The Labute approximate surface area is 143 Å². The van der Waals surface area contributed by atoms with Gasteiger partial charge in [0, 0.05) is 28.6 Å². The molecule has 0 unspecified atom stereocenters. The summed E-state index contributed by atoms with van der Waals surface area (Å²) >= 11 is 0. The lowest BCUT2D eigenvalue weighted by Crippen LogP contribution is -2.34. The van der Waals surface area contributed by atoms with Gasteiger partial charge in [-0.2, -0.15) is 0 Å². The van der Waals surface area contributed by atoms with E-state index in [-0.39, 0.29) is 24.2 Å². The van der Waals surface area contributed by atoms with Crippen LogP contribution in [-0.4, -0.2) is 15.9 Å². The molecule has 4 rings (SSSR count). The van der Waals surface area contributed by atoms with Gasteiger partial charge in [-0.15, -0.1) is 0 Å². The normalized spacial score (nSPS) is 14.4. The summed E-state index contributed by atoms with van der Waals surface area (Å²) in [5, 5.41) is 3.66. The standard InChI is InChI=1S/C18H18FN3O3/c19-15-5-12-4-13(7-20-18(23)11-2-1-3-11)22-16(12)6-17(15)25-9-14-8-24-10-21-14/h4-6,8,10-11,22H,1-3,7,9H2,(H,20,23). The molecular weight excluding hydrogens is 325 g/mol. The van der Waals surface area contributed by atoms with Crippen molar-refractivity contribution in [3.8, 4) is 5.75 Å². The number of aromatic nitrogens is 2. The van der Waals surface area contributed by atoms with Crippen LogP contribution in [0.15, 0.2) is 35.3 Å². The van der Waals surface area contributed by atoms with Crippen molar-refractivity contribution in [3.05, 3.63) is 48.1 Å². The zero-order valence-electron chi connectivity index (χ0n) is 13.5. The Morgan fingerprint density at radius 2 is 2.28 bits per heavy atom. The van der Waals surface area contributed by atoms with Crippen molar-refractivity contribution in [2.24, 2.45) is 5.92 Å². The third-order valence-electron chi connectivity index (χ3n) is 4.52. The van der Waals surface area contributed by atoms with Crippen LogP contribution >= 0.6 is 0 Å². The molecular formula is C18H18FN3O3. The number of ether oxygens (including phenoxy) is 1. The molecule has 1 amide bonds. The molecule has 0 atom stereocenters. The molecule has 7 heteroatoms. The fourth-order valence-corrected chi connectivity index (χ4v) is 2.86. The van der Waals surface area contributed by atoms with Gasteiger partial charge in [0.2, 0.25) is 5.91 Å². The van der Waals surface area contributed by atoms with Crippen molar-refractivity contribution in [1.82, 2.24) is 15.3 Å². The molecule has 2 N–H and O–H groups in total. The third kappa shape index (κ3) is 3.35. The lowest BCUT2D eigenvalue weighted by atomic mass is 9.85. The van der Waals surface area contributed by atoms with Crippen molar-refractivity contribution >= 4 is 16.8 Å². The molecule has 1 aliphatic rings. The largest absolute Gasteiger partial charge is 0.484 e. The van der Waals surface area contributed by atoms with Gasteiger partial charge in [-0.25, -0.2) is 9.37 Å². The van der Waals surface area contributed by atoms with Crippen LogP contribution in [0, 0.1) is 11.7 Å². The van der Waals surface area contributed by atoms with E-state index in [1.807, 2.05) is 6.07 Å². The summed E-state index contributed by atoms with van der Waals surface area (Å²) in [5.74, 6) is -0.0615. The number of hydrogen-bond acceptors (Lipinski definition) is 4. The molecule has 1 aliphatic carbocycles. The van der Waals surface area contributed by atoms with Crippen LogP contribution in [-0.2, 0) is 17.9 Å². The number of oxazole rings is 1. The number of fused-ring (bicyclic) bond motifs is 1. The molecule has 2 heterocycles. The van der Waals surface area contributed by atoms with E-state index in [0.717, 1.165) is 35.9 Å². The number of nitrogens with one attached hydrogen (secondary N) is 2. The van der Waals surface area contributed by atoms with Gasteiger partial charge in [0.25, 0.3) is 0 Å². The fourth-order valence-electron chi connectivity index (χ4n) is 2.86. The summed E-state index contributed by atoms with van der Waals surface area (Å²) in [6, 6.07) is 4.87. The first-order valence-corrected chi connectivity index (χ1v) is 8.28. The van der Waals surface area contributed by atoms with Gasteiger partial charge in [0.05, 0.1) is 6.54 Å². The molecule has 130 valence electrons. The summed E-state index contributed by atoms with van der Waals surface area (Å²) in [6.45, 7) is 0.532. The first kappa shape index (κ1) is 15.7. The second kappa shape index (κ2) is 6.58. The fraction of sp³-hybridized carbons (Fsp3) is 0.333. The van der Waals surface area contributed by atoms with Crippen molar-refractivity contribution in [2.75, 3.05) is 0 Å². The average Bonchev–Trinajstić information content (AvgIpc) is 3.17. The van der Waals surface area contributed by atoms with Crippen molar-refractivity contribution in [1.29, 1.82) is 0 Å². The number of aromatic amines is 1. The monoisotopic (exact) mass is 343 g/mol. The van der Waals surface area contributed by atoms with Crippen LogP contribution < -0.4 is 10.1 Å². The second-order valence-corrected chi connectivity index (χ2v) is 6.28. The van der Waals surface area contributed by atoms with E-state index in [1.165, 1.54) is 18.7 Å². The van der Waals surface area contributed by atoms with Crippen LogP contribution in [0.25, 0.3) is 10.9 Å². The van der Waals surface area contributed by atoms with E-state index < -0.39 is 5.82 Å². The summed E-state index contributed by atoms with van der Waals surface area (Å²) in [5.41, 5.74) is 2.17. The van der Waals surface area contributed by atoms with Gasteiger partial charge in [-0.1, -0.05) is 6.42 Å². The van der Waals surface area contributed by atoms with Crippen LogP contribution in [0.2, 0.25) is 0 Å². The Balaban J connectivity index is 1.45. The maximum absolute atomic E-state index is 14.2. The smallest absolute Gasteiger partial charge is 0.223 e. The molecule has 1 fully saturated rings. The highest BCUT2D eigenvalue weighted by Gasteiger charge is 2.24. The summed E-state index contributed by atoms with van der Waals surface area (Å²) in [4.78, 5) is 19.0. The molecule has 3 aromatic rings. The van der Waals surface area contributed by atoms with E-state index >= 15 is 0 Å². The predicted octanol–water partition coefficient (Wildman–Crippen LogP) is 3.29. The van der Waals surface area contributed by atoms with Crippen LogP contribution in [0.4, 0.5) is 4.39 Å². The zero-order chi connectivity index (χ0) is 17.2. The Hall–Kier alpha value is -2.83. The Bertz CT molecular complexity index is 884. The van der Waals surface area contributed by atoms with Gasteiger partial charge >= 0.3 is 0 Å². The maximum Gasteiger partial charge on any atom is 0.223 e. The zero-order valence-corrected chi connectivity index (χ0v) is 13.5. The Kier molecular flexibility index (Phi) is 4.13. The van der Waals surface area contributed by atoms with E-state index in [9.17, 15) is 9.18 Å². The minimum Gasteiger partial charge on any atom is -0.484 e. The van der Waals surface area contributed by atoms with Crippen molar-refractivity contribution in [2.45, 2.75) is 32.4 Å². The van der Waals surface area contributed by atoms with Crippen LogP contribution in [0.3, 0.4) is 0 Å². The quantitative estimate of drug-likeness (QED) is 0.720. The highest BCUT2D eigenvalue weighted by Crippen LogP contribution is 2.27. The third-order valence-corrected chi connectivity index (χ3v) is 4.52. The molecule has 0 spiro atoms. The molecule has 0 saturated heterocycles. The number of benzene rings is 1. The van der Waals surface area contributed by atoms with E-state index in [4.69, 9.17) is 9.15 Å². The molecule has 25 heavy (non-hydrogen) atoms. The second-order valence-electron chi connectivity index (χ2n) is 6.28. The first-order valence-electron chi connectivity index (χ1n) is 8.28. The van der Waals surface area contributed by atoms with Crippen LogP contribution in [0.1, 0.15) is 30.7 Å². The number of carbonyl (C=O) groups is 1. The topological polar surface area (TPSA) is 80.2 Å². The maximum atomic E-state index is 14.2. The average molecular weight is 343 g/mol. The Morgan fingerprint density at radius 1 is 1.40 bits per heavy atom. The molecule has 0 bridgehead atoms. The van der Waals surface area contributed by atoms with Gasteiger partial charge in [-0.05, 0) is 25.0 Å². The van der Waals surface area contributed by atoms with E-state index in [1.54, 1.807) is 6.07 Å². The summed E-state index contributed by atoms with van der Waals surface area (Å²) < 4.78 is 24.5. The minimum atomic E-state index is -0.444. The van der Waals surface area contributed by atoms with Gasteiger partial charge in [-0.3, -0.25) is 4.79 Å². The SMILES string of the molecule is O=C(NCc1cc2cc(F)c(OCc3cocn3)cc2[nH]1)C1CCC1. The molecule has 1 aromatic carbocycles. The highest BCUT2D eigenvalue weighted by atomic mass is 19.1. The lowest BCUT2D eigenvalue weighted by molar-refractivity contribution is -0.127. The number of halogens is 1. The lowest BCUT2D eigenvalue weighted by Gasteiger charge is -2.23. The molecule has 0 aliphatic heterocycles. The number of carbonyl (C=O) groups excluding carboxylic acids is 1. The Morgan fingerprint density at radius 3 is 3.00 bits per heavy atom. The van der Waals surface area contributed by atoms with Crippen molar-refractivity contribution in [3.63, 3.8) is 0 Å². The van der Waals surface area contributed by atoms with E-state index in [2.05, 4.69) is 15.3 Å². The first-order chi connectivity index (χ1) is 12.2. The highest BCUT2D eigenvalue weighted by molar-refractivity contribution is 5.83.